The van der Waals surface area contributed by atoms with E-state index in [1.54, 1.807) is 30.3 Å². The van der Waals surface area contributed by atoms with Crippen LogP contribution in [0.15, 0.2) is 48.5 Å². The molecule has 0 spiro atoms. The smallest absolute Gasteiger partial charge is 0.319 e. The lowest BCUT2D eigenvalue weighted by Gasteiger charge is -2.09. The molecule has 130 valence electrons. The summed E-state index contributed by atoms with van der Waals surface area (Å²) >= 11 is 0. The standard InChI is InChI=1S/C18H20N4O3/c1-12-4-2-7-15(8-12)22-18(25)21-11-16(23)20-10-13-5-3-6-14(9-13)17(19)24/h2-9H,10-11H2,1H3,(H2,19,24)(H,20,23)(H2,21,22,25). The zero-order chi connectivity index (χ0) is 18.2. The van der Waals surface area contributed by atoms with Crippen LogP contribution in [0.25, 0.3) is 0 Å². The van der Waals surface area contributed by atoms with Gasteiger partial charge < -0.3 is 21.7 Å². The van der Waals surface area contributed by atoms with E-state index >= 15 is 0 Å². The molecule has 2 aromatic carbocycles. The Morgan fingerprint density at radius 1 is 1.00 bits per heavy atom. The van der Waals surface area contributed by atoms with E-state index in [0.717, 1.165) is 11.1 Å². The number of primary amides is 1. The normalized spacial score (nSPS) is 9.96. The summed E-state index contributed by atoms with van der Waals surface area (Å²) in [6.45, 7) is 2.00. The van der Waals surface area contributed by atoms with E-state index in [4.69, 9.17) is 5.73 Å². The van der Waals surface area contributed by atoms with Gasteiger partial charge in [0.2, 0.25) is 11.8 Å². The number of urea groups is 1. The van der Waals surface area contributed by atoms with E-state index in [9.17, 15) is 14.4 Å². The minimum Gasteiger partial charge on any atom is -0.366 e. The monoisotopic (exact) mass is 340 g/mol. The number of aryl methyl sites for hydroxylation is 1. The molecule has 2 rings (SSSR count). The topological polar surface area (TPSA) is 113 Å². The summed E-state index contributed by atoms with van der Waals surface area (Å²) in [6.07, 6.45) is 0. The lowest BCUT2D eigenvalue weighted by atomic mass is 10.1. The highest BCUT2D eigenvalue weighted by atomic mass is 16.2. The number of hydrogen-bond donors (Lipinski definition) is 4. The molecule has 7 nitrogen and oxygen atoms in total. The first kappa shape index (κ1) is 18.0. The minimum absolute atomic E-state index is 0.160. The number of amides is 4. The molecule has 0 aromatic heterocycles. The molecule has 0 heterocycles. The van der Waals surface area contributed by atoms with Gasteiger partial charge in [-0.25, -0.2) is 4.79 Å². The van der Waals surface area contributed by atoms with Crippen molar-refractivity contribution < 1.29 is 14.4 Å². The van der Waals surface area contributed by atoms with Crippen LogP contribution in [0.4, 0.5) is 10.5 Å². The average molecular weight is 340 g/mol. The number of anilines is 1. The number of rotatable bonds is 6. The maximum atomic E-state index is 11.8. The second kappa shape index (κ2) is 8.49. The number of benzene rings is 2. The molecule has 0 unspecified atom stereocenters. The number of nitrogens with one attached hydrogen (secondary N) is 3. The third kappa shape index (κ3) is 5.98. The van der Waals surface area contributed by atoms with Gasteiger partial charge in [0, 0.05) is 17.8 Å². The Morgan fingerprint density at radius 2 is 1.76 bits per heavy atom. The molecule has 0 aliphatic carbocycles. The SMILES string of the molecule is Cc1cccc(NC(=O)NCC(=O)NCc2cccc(C(N)=O)c2)c1. The van der Waals surface area contributed by atoms with Crippen LogP contribution < -0.4 is 21.7 Å². The van der Waals surface area contributed by atoms with Crippen LogP contribution in [0.5, 0.6) is 0 Å². The van der Waals surface area contributed by atoms with Gasteiger partial charge in [-0.05, 0) is 42.3 Å². The number of carbonyl (C=O) groups is 3. The van der Waals surface area contributed by atoms with Crippen molar-refractivity contribution in [1.82, 2.24) is 10.6 Å². The van der Waals surface area contributed by atoms with Crippen molar-refractivity contribution in [1.29, 1.82) is 0 Å². The Bertz CT molecular complexity index is 789. The van der Waals surface area contributed by atoms with Crippen molar-refractivity contribution in [3.8, 4) is 0 Å². The number of carbonyl (C=O) groups excluding carboxylic acids is 3. The van der Waals surface area contributed by atoms with Crippen LogP contribution in [0.3, 0.4) is 0 Å². The van der Waals surface area contributed by atoms with E-state index in [-0.39, 0.29) is 19.0 Å². The van der Waals surface area contributed by atoms with Crippen molar-refractivity contribution in [3.63, 3.8) is 0 Å². The van der Waals surface area contributed by atoms with E-state index in [1.807, 2.05) is 25.1 Å². The zero-order valence-electron chi connectivity index (χ0n) is 13.8. The number of nitrogens with two attached hydrogens (primary N) is 1. The first-order valence-electron chi connectivity index (χ1n) is 7.71. The van der Waals surface area contributed by atoms with Gasteiger partial charge >= 0.3 is 6.03 Å². The van der Waals surface area contributed by atoms with Crippen LogP contribution in [0.1, 0.15) is 21.5 Å². The highest BCUT2D eigenvalue weighted by Gasteiger charge is 2.07. The van der Waals surface area contributed by atoms with Gasteiger partial charge in [-0.1, -0.05) is 24.3 Å². The molecular formula is C18H20N4O3. The van der Waals surface area contributed by atoms with Crippen LogP contribution in [-0.4, -0.2) is 24.4 Å². The van der Waals surface area contributed by atoms with Gasteiger partial charge in [0.1, 0.15) is 0 Å². The molecule has 2 aromatic rings. The third-order valence-electron chi connectivity index (χ3n) is 3.39. The van der Waals surface area contributed by atoms with Gasteiger partial charge in [0.25, 0.3) is 0 Å². The van der Waals surface area contributed by atoms with Crippen LogP contribution in [0, 0.1) is 6.92 Å². The fourth-order valence-corrected chi connectivity index (χ4v) is 2.16. The molecule has 0 aliphatic rings. The average Bonchev–Trinajstić information content (AvgIpc) is 2.58. The largest absolute Gasteiger partial charge is 0.366 e. The summed E-state index contributed by atoms with van der Waals surface area (Å²) in [5, 5.41) is 7.79. The van der Waals surface area contributed by atoms with Crippen LogP contribution in [-0.2, 0) is 11.3 Å². The molecule has 0 saturated heterocycles. The van der Waals surface area contributed by atoms with Crippen molar-refractivity contribution >= 4 is 23.5 Å². The quantitative estimate of drug-likeness (QED) is 0.639. The summed E-state index contributed by atoms with van der Waals surface area (Å²) < 4.78 is 0. The first-order chi connectivity index (χ1) is 11.9. The minimum atomic E-state index is -0.525. The van der Waals surface area contributed by atoms with E-state index in [0.29, 0.717) is 11.3 Å². The van der Waals surface area contributed by atoms with Crippen molar-refractivity contribution in [2.45, 2.75) is 13.5 Å². The fraction of sp³-hybridized carbons (Fsp3) is 0.167. The van der Waals surface area contributed by atoms with Gasteiger partial charge in [-0.3, -0.25) is 9.59 Å². The van der Waals surface area contributed by atoms with E-state index in [2.05, 4.69) is 16.0 Å². The molecule has 7 heteroatoms. The predicted molar refractivity (Wildman–Crippen MR) is 95.0 cm³/mol. The Kier molecular flexibility index (Phi) is 6.11. The second-order valence-corrected chi connectivity index (χ2v) is 5.52. The predicted octanol–water partition coefficient (Wildman–Crippen LogP) is 1.53. The molecule has 0 atom stereocenters. The van der Waals surface area contributed by atoms with Crippen LogP contribution in [0.2, 0.25) is 0 Å². The Hall–Kier alpha value is -3.35. The molecule has 4 amide bonds. The molecule has 0 aliphatic heterocycles. The van der Waals surface area contributed by atoms with Gasteiger partial charge in [0.05, 0.1) is 6.54 Å². The zero-order valence-corrected chi connectivity index (χ0v) is 13.8. The molecule has 0 bridgehead atoms. The first-order valence-corrected chi connectivity index (χ1v) is 7.71. The molecular weight excluding hydrogens is 320 g/mol. The maximum absolute atomic E-state index is 11.8. The highest BCUT2D eigenvalue weighted by Crippen LogP contribution is 2.09. The Labute approximate surface area is 145 Å². The summed E-state index contributed by atoms with van der Waals surface area (Å²) in [5.41, 5.74) is 8.01. The molecule has 0 radical (unpaired) electrons. The fourth-order valence-electron chi connectivity index (χ4n) is 2.16. The van der Waals surface area contributed by atoms with Crippen molar-refractivity contribution in [2.24, 2.45) is 5.73 Å². The van der Waals surface area contributed by atoms with Crippen LogP contribution >= 0.6 is 0 Å². The maximum Gasteiger partial charge on any atom is 0.319 e. The van der Waals surface area contributed by atoms with Gasteiger partial charge in [-0.15, -0.1) is 0 Å². The molecule has 5 N–H and O–H groups in total. The van der Waals surface area contributed by atoms with E-state index < -0.39 is 11.9 Å². The molecule has 25 heavy (non-hydrogen) atoms. The Balaban J connectivity index is 1.76. The van der Waals surface area contributed by atoms with Crippen molar-refractivity contribution in [2.75, 3.05) is 11.9 Å². The number of hydrogen-bond acceptors (Lipinski definition) is 3. The lowest BCUT2D eigenvalue weighted by molar-refractivity contribution is -0.120. The second-order valence-electron chi connectivity index (χ2n) is 5.52. The highest BCUT2D eigenvalue weighted by molar-refractivity contribution is 5.93. The Morgan fingerprint density at radius 3 is 2.48 bits per heavy atom. The summed E-state index contributed by atoms with van der Waals surface area (Å²) in [4.78, 5) is 34.7. The summed E-state index contributed by atoms with van der Waals surface area (Å²) in [7, 11) is 0. The molecule has 0 saturated carbocycles. The van der Waals surface area contributed by atoms with Crippen molar-refractivity contribution in [3.05, 3.63) is 65.2 Å². The lowest BCUT2D eigenvalue weighted by Crippen LogP contribution is -2.38. The third-order valence-corrected chi connectivity index (χ3v) is 3.39. The summed E-state index contributed by atoms with van der Waals surface area (Å²) in [6, 6.07) is 13.5. The van der Waals surface area contributed by atoms with E-state index in [1.165, 1.54) is 0 Å². The van der Waals surface area contributed by atoms with Gasteiger partial charge in [0.15, 0.2) is 0 Å². The van der Waals surface area contributed by atoms with Gasteiger partial charge in [-0.2, -0.15) is 0 Å². The summed E-state index contributed by atoms with van der Waals surface area (Å²) in [5.74, 6) is -0.869. The molecule has 0 fully saturated rings.